The van der Waals surface area contributed by atoms with E-state index in [9.17, 15) is 0 Å². The molecule has 1 aromatic carbocycles. The van der Waals surface area contributed by atoms with Gasteiger partial charge < -0.3 is 10.1 Å². The van der Waals surface area contributed by atoms with Crippen LogP contribution in [0.1, 0.15) is 49.7 Å². The topological polar surface area (TPSA) is 21.3 Å². The van der Waals surface area contributed by atoms with Gasteiger partial charge in [0.2, 0.25) is 0 Å². The van der Waals surface area contributed by atoms with Gasteiger partial charge in [-0.3, -0.25) is 0 Å². The van der Waals surface area contributed by atoms with Crippen molar-refractivity contribution in [3.8, 4) is 0 Å². The first kappa shape index (κ1) is 14.1. The molecule has 0 saturated heterocycles. The lowest BCUT2D eigenvalue weighted by atomic mass is 9.98. The zero-order chi connectivity index (χ0) is 13.6. The molecule has 0 bridgehead atoms. The van der Waals surface area contributed by atoms with Gasteiger partial charge in [-0.25, -0.2) is 0 Å². The van der Waals surface area contributed by atoms with Gasteiger partial charge in [-0.15, -0.1) is 0 Å². The van der Waals surface area contributed by atoms with E-state index >= 15 is 0 Å². The Morgan fingerprint density at radius 1 is 1.00 bits per heavy atom. The third-order valence-electron chi connectivity index (χ3n) is 4.71. The molecule has 0 radical (unpaired) electrons. The molecule has 2 aliphatic rings. The molecule has 0 aromatic heterocycles. The second-order valence-corrected chi connectivity index (χ2v) is 6.31. The Labute approximate surface area is 122 Å². The highest BCUT2D eigenvalue weighted by molar-refractivity contribution is 5.33. The Morgan fingerprint density at radius 2 is 1.70 bits per heavy atom. The summed E-state index contributed by atoms with van der Waals surface area (Å²) in [5, 5.41) is 3.69. The predicted molar refractivity (Wildman–Crippen MR) is 83.1 cm³/mol. The maximum Gasteiger partial charge on any atom is 0.0575 e. The fourth-order valence-corrected chi connectivity index (χ4v) is 3.56. The van der Waals surface area contributed by atoms with Gasteiger partial charge in [0.1, 0.15) is 0 Å². The van der Waals surface area contributed by atoms with Crippen LogP contribution in [0.25, 0.3) is 0 Å². The number of ether oxygens (including phenoxy) is 1. The third-order valence-corrected chi connectivity index (χ3v) is 4.71. The van der Waals surface area contributed by atoms with E-state index in [4.69, 9.17) is 4.74 Å². The molecule has 1 aromatic rings. The molecule has 1 fully saturated rings. The summed E-state index contributed by atoms with van der Waals surface area (Å²) < 4.78 is 5.97. The Bertz CT molecular complexity index is 387. The highest BCUT2D eigenvalue weighted by atomic mass is 16.5. The zero-order valence-electron chi connectivity index (χ0n) is 12.4. The van der Waals surface area contributed by atoms with Gasteiger partial charge in [-0.1, -0.05) is 43.5 Å². The van der Waals surface area contributed by atoms with Crippen molar-refractivity contribution in [1.82, 2.24) is 5.32 Å². The fourth-order valence-electron chi connectivity index (χ4n) is 3.56. The minimum atomic E-state index is 0.555. The Balaban J connectivity index is 1.28. The van der Waals surface area contributed by atoms with E-state index < -0.39 is 0 Å². The van der Waals surface area contributed by atoms with E-state index in [1.165, 1.54) is 56.1 Å². The average Bonchev–Trinajstić information content (AvgIpc) is 2.90. The summed E-state index contributed by atoms with van der Waals surface area (Å²) in [4.78, 5) is 0. The van der Waals surface area contributed by atoms with Crippen molar-refractivity contribution < 1.29 is 4.74 Å². The van der Waals surface area contributed by atoms with E-state index in [1.807, 2.05) is 0 Å². The Kier molecular flexibility index (Phi) is 5.10. The first-order valence-corrected chi connectivity index (χ1v) is 8.33. The van der Waals surface area contributed by atoms with E-state index in [0.717, 1.165) is 19.6 Å². The molecule has 0 amide bonds. The minimum absolute atomic E-state index is 0.555. The quantitative estimate of drug-likeness (QED) is 0.801. The van der Waals surface area contributed by atoms with Crippen LogP contribution < -0.4 is 5.32 Å². The summed E-state index contributed by atoms with van der Waals surface area (Å²) in [5.74, 6) is 0. The van der Waals surface area contributed by atoms with Crippen LogP contribution in [0.15, 0.2) is 24.3 Å². The van der Waals surface area contributed by atoms with Crippen LogP contribution >= 0.6 is 0 Å². The van der Waals surface area contributed by atoms with Crippen LogP contribution in [-0.4, -0.2) is 25.3 Å². The van der Waals surface area contributed by atoms with E-state index in [-0.39, 0.29) is 0 Å². The van der Waals surface area contributed by atoms with Crippen molar-refractivity contribution in [2.75, 3.05) is 13.2 Å². The maximum absolute atomic E-state index is 5.97. The van der Waals surface area contributed by atoms with Crippen LogP contribution in [0.2, 0.25) is 0 Å². The van der Waals surface area contributed by atoms with Gasteiger partial charge in [0.25, 0.3) is 0 Å². The number of fused-ring (bicyclic) bond motifs is 1. The molecular formula is C18H27NO. The van der Waals surface area contributed by atoms with Crippen LogP contribution in [0, 0.1) is 0 Å². The number of hydrogen-bond donors (Lipinski definition) is 1. The molecule has 3 rings (SSSR count). The van der Waals surface area contributed by atoms with Crippen molar-refractivity contribution in [3.63, 3.8) is 0 Å². The molecule has 1 N–H and O–H groups in total. The summed E-state index contributed by atoms with van der Waals surface area (Å²) in [7, 11) is 0. The van der Waals surface area contributed by atoms with Crippen molar-refractivity contribution in [2.24, 2.45) is 0 Å². The molecule has 2 heteroatoms. The lowest BCUT2D eigenvalue weighted by Crippen LogP contribution is -2.31. The van der Waals surface area contributed by atoms with Crippen LogP contribution in [-0.2, 0) is 17.6 Å². The van der Waals surface area contributed by atoms with E-state index in [0.29, 0.717) is 12.1 Å². The monoisotopic (exact) mass is 273 g/mol. The largest absolute Gasteiger partial charge is 0.378 e. The molecule has 2 nitrogen and oxygen atoms in total. The average molecular weight is 273 g/mol. The molecule has 0 unspecified atom stereocenters. The summed E-state index contributed by atoms with van der Waals surface area (Å²) in [5.41, 5.74) is 3.06. The lowest BCUT2D eigenvalue weighted by molar-refractivity contribution is 0.0271. The highest BCUT2D eigenvalue weighted by Gasteiger charge is 2.19. The van der Waals surface area contributed by atoms with Crippen LogP contribution in [0.4, 0.5) is 0 Å². The summed E-state index contributed by atoms with van der Waals surface area (Å²) in [6.07, 6.45) is 10.8. The summed E-state index contributed by atoms with van der Waals surface area (Å²) in [6, 6.07) is 9.48. The number of benzene rings is 1. The van der Waals surface area contributed by atoms with E-state index in [1.54, 1.807) is 0 Å². The van der Waals surface area contributed by atoms with E-state index in [2.05, 4.69) is 29.6 Å². The van der Waals surface area contributed by atoms with Crippen LogP contribution in [0.3, 0.4) is 0 Å². The second kappa shape index (κ2) is 7.24. The summed E-state index contributed by atoms with van der Waals surface area (Å²) in [6.45, 7) is 2.02. The number of nitrogens with one attached hydrogen (secondary N) is 1. The van der Waals surface area contributed by atoms with Crippen LogP contribution in [0.5, 0.6) is 0 Å². The van der Waals surface area contributed by atoms with Gasteiger partial charge in [-0.05, 0) is 49.8 Å². The summed E-state index contributed by atoms with van der Waals surface area (Å²) >= 11 is 0. The Hall–Kier alpha value is -0.860. The first-order chi connectivity index (χ1) is 9.92. The highest BCUT2D eigenvalue weighted by Crippen LogP contribution is 2.22. The molecule has 0 aliphatic heterocycles. The lowest BCUT2D eigenvalue weighted by Gasteiger charge is -2.22. The molecule has 2 aliphatic carbocycles. The minimum Gasteiger partial charge on any atom is -0.378 e. The smallest absolute Gasteiger partial charge is 0.0575 e. The normalized spacial score (nSPS) is 20.2. The standard InChI is InChI=1S/C18H27NO/c1-2-9-18(10-3-1)20-12-6-11-19-17-13-15-7-4-5-8-16(15)14-17/h4-5,7-8,17-19H,1-3,6,9-14H2. The molecule has 0 heterocycles. The van der Waals surface area contributed by atoms with Gasteiger partial charge in [-0.2, -0.15) is 0 Å². The molecule has 0 spiro atoms. The van der Waals surface area contributed by atoms with Gasteiger partial charge in [0.15, 0.2) is 0 Å². The van der Waals surface area contributed by atoms with Gasteiger partial charge in [0, 0.05) is 12.6 Å². The first-order valence-electron chi connectivity index (χ1n) is 8.33. The maximum atomic E-state index is 5.97. The second-order valence-electron chi connectivity index (χ2n) is 6.31. The van der Waals surface area contributed by atoms with Gasteiger partial charge in [0.05, 0.1) is 6.10 Å². The Morgan fingerprint density at radius 3 is 2.40 bits per heavy atom. The van der Waals surface area contributed by atoms with Crippen molar-refractivity contribution in [1.29, 1.82) is 0 Å². The van der Waals surface area contributed by atoms with Gasteiger partial charge >= 0.3 is 0 Å². The number of hydrogen-bond acceptors (Lipinski definition) is 2. The van der Waals surface area contributed by atoms with Crippen molar-refractivity contribution in [3.05, 3.63) is 35.4 Å². The fraction of sp³-hybridized carbons (Fsp3) is 0.667. The zero-order valence-corrected chi connectivity index (χ0v) is 12.4. The molecule has 1 saturated carbocycles. The molecule has 20 heavy (non-hydrogen) atoms. The predicted octanol–water partition coefficient (Wildman–Crippen LogP) is 3.48. The molecule has 110 valence electrons. The SMILES string of the molecule is c1ccc2c(c1)CC(NCCCOC1CCCCC1)C2. The molecule has 0 atom stereocenters. The number of rotatable bonds is 6. The third kappa shape index (κ3) is 3.83. The van der Waals surface area contributed by atoms with Crippen molar-refractivity contribution in [2.45, 2.75) is 63.5 Å². The molecular weight excluding hydrogens is 246 g/mol. The van der Waals surface area contributed by atoms with Crippen molar-refractivity contribution >= 4 is 0 Å².